The van der Waals surface area contributed by atoms with Crippen molar-refractivity contribution in [2.24, 2.45) is 7.05 Å². The van der Waals surface area contributed by atoms with Crippen LogP contribution in [0, 0.1) is 0 Å². The lowest BCUT2D eigenvalue weighted by Crippen LogP contribution is -2.08. The molecule has 3 aromatic rings. The maximum absolute atomic E-state index is 12.9. The first kappa shape index (κ1) is 19.6. The summed E-state index contributed by atoms with van der Waals surface area (Å²) in [6.07, 6.45) is 4.26. The molecule has 0 amide bonds. The molecule has 7 heteroatoms. The summed E-state index contributed by atoms with van der Waals surface area (Å²) in [5, 5.41) is 9.14. The van der Waals surface area contributed by atoms with Gasteiger partial charge in [-0.1, -0.05) is 36.0 Å². The van der Waals surface area contributed by atoms with Crippen LogP contribution in [0.25, 0.3) is 0 Å². The molecule has 1 aliphatic carbocycles. The van der Waals surface area contributed by atoms with Crippen molar-refractivity contribution in [3.63, 3.8) is 0 Å². The second-order valence-corrected chi connectivity index (χ2v) is 8.70. The van der Waals surface area contributed by atoms with E-state index in [1.165, 1.54) is 0 Å². The van der Waals surface area contributed by atoms with E-state index in [1.54, 1.807) is 31.3 Å². The first-order valence-corrected chi connectivity index (χ1v) is 10.6. The van der Waals surface area contributed by atoms with Gasteiger partial charge in [0.2, 0.25) is 0 Å². The van der Waals surface area contributed by atoms with E-state index in [0.29, 0.717) is 18.0 Å². The van der Waals surface area contributed by atoms with Gasteiger partial charge in [0.15, 0.2) is 10.9 Å². The smallest absolute Gasteiger partial charge is 0.191 e. The summed E-state index contributed by atoms with van der Waals surface area (Å²) in [7, 11) is 3.58. The van der Waals surface area contributed by atoms with Crippen LogP contribution >= 0.6 is 11.8 Å². The number of carbonyl (C=O) groups is 1. The predicted molar refractivity (Wildman–Crippen MR) is 113 cm³/mol. The Kier molecular flexibility index (Phi) is 5.67. The van der Waals surface area contributed by atoms with Crippen LogP contribution in [0.3, 0.4) is 0 Å². The molecule has 0 spiro atoms. The second-order valence-electron chi connectivity index (χ2n) is 7.39. The van der Waals surface area contributed by atoms with Gasteiger partial charge in [0.1, 0.15) is 17.8 Å². The molecular formula is C22H24N4O2S. The summed E-state index contributed by atoms with van der Waals surface area (Å²) in [5.41, 5.74) is 3.58. The molecule has 0 radical (unpaired) electrons. The molecule has 2 aromatic heterocycles. The zero-order valence-corrected chi connectivity index (χ0v) is 17.6. The van der Waals surface area contributed by atoms with Gasteiger partial charge < -0.3 is 9.30 Å². The van der Waals surface area contributed by atoms with Gasteiger partial charge in [-0.05, 0) is 43.0 Å². The van der Waals surface area contributed by atoms with E-state index < -0.39 is 0 Å². The summed E-state index contributed by atoms with van der Waals surface area (Å²) in [6.45, 7) is 2.13. The van der Waals surface area contributed by atoms with Crippen molar-refractivity contribution >= 4 is 17.5 Å². The Morgan fingerprint density at radius 1 is 1.31 bits per heavy atom. The highest BCUT2D eigenvalue weighted by molar-refractivity contribution is 7.99. The van der Waals surface area contributed by atoms with Gasteiger partial charge in [0.25, 0.3) is 0 Å². The Morgan fingerprint density at radius 3 is 2.83 bits per heavy atom. The number of hydrogen-bond acceptors (Lipinski definition) is 6. The molecule has 1 aliphatic rings. The first-order valence-electron chi connectivity index (χ1n) is 9.72. The van der Waals surface area contributed by atoms with Crippen LogP contribution in [-0.2, 0) is 13.5 Å². The number of ketones is 1. The molecule has 1 aromatic carbocycles. The maximum atomic E-state index is 12.9. The summed E-state index contributed by atoms with van der Waals surface area (Å²) < 4.78 is 7.31. The lowest BCUT2D eigenvalue weighted by Gasteiger charge is -2.12. The average Bonchev–Trinajstić information content (AvgIpc) is 3.51. The van der Waals surface area contributed by atoms with Gasteiger partial charge >= 0.3 is 0 Å². The van der Waals surface area contributed by atoms with Gasteiger partial charge in [0, 0.05) is 24.6 Å². The van der Waals surface area contributed by atoms with Crippen LogP contribution in [0.15, 0.2) is 47.9 Å². The number of pyridine rings is 1. The Balaban J connectivity index is 1.48. The Morgan fingerprint density at radius 2 is 2.14 bits per heavy atom. The summed E-state index contributed by atoms with van der Waals surface area (Å²) >= 11 is 1.65. The standard InChI is InChI=1S/C22H24N4O2S/c1-14(29-22-25-23-13-26(22)2)17-6-4-5-15(11-17)12-19(27)18-9-10-20(28-3)21(24-18)16-7-8-16/h4-6,9-11,13-14,16H,7-8,12H2,1-3H3/t14-/m0/s1. The van der Waals surface area contributed by atoms with E-state index in [9.17, 15) is 4.79 Å². The number of benzene rings is 1. The molecule has 150 valence electrons. The first-order chi connectivity index (χ1) is 14.0. The van der Waals surface area contributed by atoms with Crippen LogP contribution in [-0.4, -0.2) is 32.6 Å². The van der Waals surface area contributed by atoms with Gasteiger partial charge in [-0.3, -0.25) is 4.79 Å². The molecule has 0 unspecified atom stereocenters. The third-order valence-electron chi connectivity index (χ3n) is 5.09. The van der Waals surface area contributed by atoms with E-state index in [0.717, 1.165) is 40.6 Å². The van der Waals surface area contributed by atoms with Crippen molar-refractivity contribution < 1.29 is 9.53 Å². The third kappa shape index (κ3) is 4.50. The van der Waals surface area contributed by atoms with E-state index in [4.69, 9.17) is 4.74 Å². The molecule has 29 heavy (non-hydrogen) atoms. The van der Waals surface area contributed by atoms with Crippen LogP contribution < -0.4 is 4.74 Å². The van der Waals surface area contributed by atoms with Crippen LogP contribution in [0.4, 0.5) is 0 Å². The Bertz CT molecular complexity index is 1030. The van der Waals surface area contributed by atoms with Crippen molar-refractivity contribution in [1.29, 1.82) is 0 Å². The number of aryl methyl sites for hydroxylation is 1. The largest absolute Gasteiger partial charge is 0.495 e. The number of hydrogen-bond donors (Lipinski definition) is 0. The second kappa shape index (κ2) is 8.37. The monoisotopic (exact) mass is 408 g/mol. The number of nitrogens with zero attached hydrogens (tertiary/aromatic N) is 4. The minimum atomic E-state index is 0.0281. The zero-order chi connectivity index (χ0) is 20.4. The molecule has 6 nitrogen and oxygen atoms in total. The van der Waals surface area contributed by atoms with Gasteiger partial charge in [-0.25, -0.2) is 4.98 Å². The molecule has 1 fully saturated rings. The van der Waals surface area contributed by atoms with E-state index in [-0.39, 0.29) is 11.0 Å². The molecule has 1 saturated carbocycles. The van der Waals surface area contributed by atoms with Gasteiger partial charge in [0.05, 0.1) is 12.8 Å². The highest BCUT2D eigenvalue weighted by atomic mass is 32.2. The lowest BCUT2D eigenvalue weighted by molar-refractivity contribution is 0.0988. The van der Waals surface area contributed by atoms with Crippen LogP contribution in [0.1, 0.15) is 58.2 Å². The van der Waals surface area contributed by atoms with Crippen molar-refractivity contribution in [3.05, 3.63) is 65.2 Å². The fourth-order valence-corrected chi connectivity index (χ4v) is 4.18. The molecular weight excluding hydrogens is 384 g/mol. The molecule has 0 bridgehead atoms. The third-order valence-corrected chi connectivity index (χ3v) is 6.30. The number of methoxy groups -OCH3 is 1. The minimum Gasteiger partial charge on any atom is -0.495 e. The zero-order valence-electron chi connectivity index (χ0n) is 16.8. The topological polar surface area (TPSA) is 69.9 Å². The number of carbonyl (C=O) groups excluding carboxylic acids is 1. The minimum absolute atomic E-state index is 0.0281. The fraction of sp³-hybridized carbons (Fsp3) is 0.364. The lowest BCUT2D eigenvalue weighted by atomic mass is 10.0. The SMILES string of the molecule is COc1ccc(C(=O)Cc2cccc([C@H](C)Sc3nncn3C)c2)nc1C1CC1. The molecule has 4 rings (SSSR count). The number of Topliss-reactive ketones (excluding diaryl/α,β-unsaturated/α-hetero) is 1. The van der Waals surface area contributed by atoms with E-state index in [2.05, 4.69) is 34.2 Å². The fourth-order valence-electron chi connectivity index (χ4n) is 3.28. The highest BCUT2D eigenvalue weighted by Crippen LogP contribution is 2.43. The average molecular weight is 409 g/mol. The molecule has 0 saturated heterocycles. The molecule has 0 aliphatic heterocycles. The molecule has 2 heterocycles. The van der Waals surface area contributed by atoms with Crippen LogP contribution in [0.5, 0.6) is 5.75 Å². The Hall–Kier alpha value is -2.67. The number of aromatic nitrogens is 4. The Labute approximate surface area is 174 Å². The van der Waals surface area contributed by atoms with Crippen molar-refractivity contribution in [3.8, 4) is 5.75 Å². The molecule has 1 atom stereocenters. The van der Waals surface area contributed by atoms with Crippen LogP contribution in [0.2, 0.25) is 0 Å². The van der Waals surface area contributed by atoms with Crippen molar-refractivity contribution in [1.82, 2.24) is 19.7 Å². The molecule has 0 N–H and O–H groups in total. The number of thioether (sulfide) groups is 1. The maximum Gasteiger partial charge on any atom is 0.191 e. The quantitative estimate of drug-likeness (QED) is 0.407. The van der Waals surface area contributed by atoms with Gasteiger partial charge in [-0.15, -0.1) is 10.2 Å². The van der Waals surface area contributed by atoms with Gasteiger partial charge in [-0.2, -0.15) is 0 Å². The predicted octanol–water partition coefficient (Wildman–Crippen LogP) is 4.37. The van der Waals surface area contributed by atoms with E-state index in [1.807, 2.05) is 29.8 Å². The van der Waals surface area contributed by atoms with Crippen molar-refractivity contribution in [2.75, 3.05) is 7.11 Å². The summed E-state index contributed by atoms with van der Waals surface area (Å²) in [5.74, 6) is 1.24. The van der Waals surface area contributed by atoms with E-state index >= 15 is 0 Å². The normalized spacial score (nSPS) is 14.6. The number of ether oxygens (including phenoxy) is 1. The summed E-state index contributed by atoms with van der Waals surface area (Å²) in [4.78, 5) is 17.5. The summed E-state index contributed by atoms with van der Waals surface area (Å²) in [6, 6.07) is 11.8. The number of rotatable bonds is 8. The highest BCUT2D eigenvalue weighted by Gasteiger charge is 2.29. The van der Waals surface area contributed by atoms with Crippen molar-refractivity contribution in [2.45, 2.75) is 42.5 Å².